The fourth-order valence-electron chi connectivity index (χ4n) is 1.35. The minimum atomic E-state index is -0.563. The molecule has 0 aromatic heterocycles. The largest absolute Gasteiger partial charge is 0.321 e. The lowest BCUT2D eigenvalue weighted by molar-refractivity contribution is -0.383. The van der Waals surface area contributed by atoms with E-state index in [0.29, 0.717) is 5.56 Å². The number of carbonyl (C=O) groups is 1. The topological polar surface area (TPSA) is 96.0 Å². The molecule has 0 fully saturated rings. The van der Waals surface area contributed by atoms with E-state index in [1.54, 1.807) is 18.2 Å². The molecule has 1 rings (SSSR count). The van der Waals surface area contributed by atoms with Crippen molar-refractivity contribution in [3.8, 4) is 6.07 Å². The number of amides is 1. The molecule has 1 amide bonds. The molecule has 0 atom stereocenters. The highest BCUT2D eigenvalue weighted by Crippen LogP contribution is 2.26. The summed E-state index contributed by atoms with van der Waals surface area (Å²) >= 11 is 0. The van der Waals surface area contributed by atoms with Gasteiger partial charge in [-0.15, -0.1) is 0 Å². The van der Waals surface area contributed by atoms with Gasteiger partial charge >= 0.3 is 0 Å². The Bertz CT molecular complexity index is 544. The summed E-state index contributed by atoms with van der Waals surface area (Å²) in [5.41, 5.74) is 0.584. The molecule has 0 aliphatic carbocycles. The van der Waals surface area contributed by atoms with Crippen molar-refractivity contribution in [2.24, 2.45) is 0 Å². The van der Waals surface area contributed by atoms with Gasteiger partial charge in [0.25, 0.3) is 5.69 Å². The summed E-state index contributed by atoms with van der Waals surface area (Å²) in [5.74, 6) is -0.370. The Morgan fingerprint density at radius 1 is 1.61 bits per heavy atom. The molecule has 1 aromatic carbocycles. The van der Waals surface area contributed by atoms with Crippen LogP contribution in [0.3, 0.4) is 0 Å². The van der Waals surface area contributed by atoms with E-state index in [1.807, 2.05) is 6.07 Å². The number of rotatable bonds is 4. The van der Waals surface area contributed by atoms with E-state index >= 15 is 0 Å². The van der Waals surface area contributed by atoms with E-state index < -0.39 is 4.92 Å². The van der Waals surface area contributed by atoms with Crippen LogP contribution in [0, 0.1) is 21.4 Å². The van der Waals surface area contributed by atoms with Crippen molar-refractivity contribution in [3.05, 3.63) is 40.0 Å². The molecule has 0 spiro atoms. The maximum absolute atomic E-state index is 10.9. The van der Waals surface area contributed by atoms with Crippen LogP contribution in [0.15, 0.2) is 24.3 Å². The van der Waals surface area contributed by atoms with E-state index in [-0.39, 0.29) is 23.7 Å². The number of nitro groups is 1. The zero-order chi connectivity index (χ0) is 13.5. The van der Waals surface area contributed by atoms with E-state index in [1.165, 1.54) is 19.1 Å². The number of hydrogen-bond donors (Lipinski definition) is 1. The summed E-state index contributed by atoms with van der Waals surface area (Å²) in [4.78, 5) is 21.2. The molecular weight excluding hydrogens is 234 g/mol. The predicted octanol–water partition coefficient (Wildman–Crippen LogP) is 2.48. The maximum atomic E-state index is 10.9. The van der Waals surface area contributed by atoms with Crippen molar-refractivity contribution in [1.29, 1.82) is 5.26 Å². The Morgan fingerprint density at radius 2 is 2.33 bits per heavy atom. The molecular formula is C12H11N3O3. The van der Waals surface area contributed by atoms with Gasteiger partial charge in [0.05, 0.1) is 17.4 Å². The summed E-state index contributed by atoms with van der Waals surface area (Å²) < 4.78 is 0. The highest BCUT2D eigenvalue weighted by atomic mass is 16.6. The second kappa shape index (κ2) is 6.15. The van der Waals surface area contributed by atoms with Gasteiger partial charge in [0.15, 0.2) is 0 Å². The van der Waals surface area contributed by atoms with Gasteiger partial charge in [-0.1, -0.05) is 18.2 Å². The molecule has 0 aliphatic rings. The first-order chi connectivity index (χ1) is 8.54. The summed E-state index contributed by atoms with van der Waals surface area (Å²) in [5, 5.41) is 21.6. The average Bonchev–Trinajstić information content (AvgIpc) is 2.30. The predicted molar refractivity (Wildman–Crippen MR) is 66.7 cm³/mol. The zero-order valence-electron chi connectivity index (χ0n) is 9.71. The Hall–Kier alpha value is -2.68. The maximum Gasteiger partial charge on any atom is 0.293 e. The van der Waals surface area contributed by atoms with Crippen LogP contribution < -0.4 is 5.32 Å². The lowest BCUT2D eigenvalue weighted by Gasteiger charge is -2.04. The van der Waals surface area contributed by atoms with E-state index in [0.717, 1.165) is 0 Å². The van der Waals surface area contributed by atoms with Gasteiger partial charge in [-0.25, -0.2) is 0 Å². The monoisotopic (exact) mass is 245 g/mol. The molecule has 0 bridgehead atoms. The first kappa shape index (κ1) is 13.4. The van der Waals surface area contributed by atoms with E-state index in [2.05, 4.69) is 5.32 Å². The average molecular weight is 245 g/mol. The summed E-state index contributed by atoms with van der Waals surface area (Å²) in [6.45, 7) is 1.28. The number of nitro benzene ring substituents is 1. The van der Waals surface area contributed by atoms with Crippen molar-refractivity contribution in [3.63, 3.8) is 0 Å². The van der Waals surface area contributed by atoms with Crippen LogP contribution in [0.4, 0.5) is 11.4 Å². The number of nitrogens with zero attached hydrogens (tertiary/aromatic N) is 2. The van der Waals surface area contributed by atoms with Crippen LogP contribution in [0.25, 0.3) is 6.08 Å². The minimum Gasteiger partial charge on any atom is -0.321 e. The Balaban J connectivity index is 3.07. The quantitative estimate of drug-likeness (QED) is 0.650. The molecule has 0 unspecified atom stereocenters. The normalized spacial score (nSPS) is 10.0. The molecule has 0 radical (unpaired) electrons. The smallest absolute Gasteiger partial charge is 0.293 e. The van der Waals surface area contributed by atoms with Gasteiger partial charge in [-0.2, -0.15) is 5.26 Å². The molecule has 1 N–H and O–H groups in total. The van der Waals surface area contributed by atoms with Crippen molar-refractivity contribution >= 4 is 23.4 Å². The second-order valence-electron chi connectivity index (χ2n) is 3.48. The van der Waals surface area contributed by atoms with Crippen LogP contribution in [0.5, 0.6) is 0 Å². The van der Waals surface area contributed by atoms with Gasteiger partial charge < -0.3 is 5.32 Å². The first-order valence-corrected chi connectivity index (χ1v) is 5.14. The third kappa shape index (κ3) is 3.72. The number of carbonyl (C=O) groups excluding carboxylic acids is 1. The van der Waals surface area contributed by atoms with Gasteiger partial charge in [-0.05, 0) is 11.6 Å². The Kier molecular flexibility index (Phi) is 4.58. The van der Waals surface area contributed by atoms with Crippen molar-refractivity contribution in [2.45, 2.75) is 13.3 Å². The van der Waals surface area contributed by atoms with Gasteiger partial charge in [-0.3, -0.25) is 14.9 Å². The van der Waals surface area contributed by atoms with E-state index in [9.17, 15) is 14.9 Å². The molecule has 1 aromatic rings. The number of nitrogens with one attached hydrogen (secondary N) is 1. The van der Waals surface area contributed by atoms with Crippen molar-refractivity contribution in [1.82, 2.24) is 0 Å². The molecule has 0 heterocycles. The first-order valence-electron chi connectivity index (χ1n) is 5.14. The summed E-state index contributed by atoms with van der Waals surface area (Å²) in [6.07, 6.45) is 3.46. The van der Waals surface area contributed by atoms with Crippen molar-refractivity contribution < 1.29 is 9.72 Å². The number of nitriles is 1. The highest BCUT2D eigenvalue weighted by molar-refractivity contribution is 5.91. The lowest BCUT2D eigenvalue weighted by Crippen LogP contribution is -2.08. The number of anilines is 1. The zero-order valence-corrected chi connectivity index (χ0v) is 9.71. The van der Waals surface area contributed by atoms with Crippen LogP contribution in [0.1, 0.15) is 18.9 Å². The van der Waals surface area contributed by atoms with Crippen LogP contribution >= 0.6 is 0 Å². The molecule has 0 saturated heterocycles. The second-order valence-corrected chi connectivity index (χ2v) is 3.48. The van der Waals surface area contributed by atoms with Gasteiger partial charge in [0.2, 0.25) is 5.91 Å². The molecule has 92 valence electrons. The third-order valence-corrected chi connectivity index (χ3v) is 2.05. The molecule has 0 aliphatic heterocycles. The van der Waals surface area contributed by atoms with Gasteiger partial charge in [0.1, 0.15) is 5.69 Å². The highest BCUT2D eigenvalue weighted by Gasteiger charge is 2.14. The lowest BCUT2D eigenvalue weighted by atomic mass is 10.1. The molecule has 18 heavy (non-hydrogen) atoms. The molecule has 6 heteroatoms. The van der Waals surface area contributed by atoms with Crippen LogP contribution in [-0.2, 0) is 4.79 Å². The Labute approximate surface area is 104 Å². The van der Waals surface area contributed by atoms with Crippen LogP contribution in [-0.4, -0.2) is 10.8 Å². The molecule has 0 saturated carbocycles. The standard InChI is InChI=1S/C12H11N3O3/c1-9(16)14-11-6-5-10(4-2-3-7-13)8-12(11)15(17)18/h2,4-6,8H,3H2,1H3,(H,14,16). The fourth-order valence-corrected chi connectivity index (χ4v) is 1.35. The fraction of sp³-hybridized carbons (Fsp3) is 0.167. The number of allylic oxidation sites excluding steroid dienone is 1. The summed E-state index contributed by atoms with van der Waals surface area (Å²) in [7, 11) is 0. The number of hydrogen-bond acceptors (Lipinski definition) is 4. The van der Waals surface area contributed by atoms with Crippen molar-refractivity contribution in [2.75, 3.05) is 5.32 Å². The SMILES string of the molecule is CC(=O)Nc1ccc(C=CCC#N)cc1[N+](=O)[O-]. The number of benzene rings is 1. The van der Waals surface area contributed by atoms with Crippen LogP contribution in [0.2, 0.25) is 0 Å². The van der Waals surface area contributed by atoms with E-state index in [4.69, 9.17) is 5.26 Å². The minimum absolute atomic E-state index is 0.157. The Morgan fingerprint density at radius 3 is 2.89 bits per heavy atom. The molecule has 6 nitrogen and oxygen atoms in total. The van der Waals surface area contributed by atoms with Gasteiger partial charge in [0, 0.05) is 13.0 Å². The third-order valence-electron chi connectivity index (χ3n) is 2.05. The summed E-state index contributed by atoms with van der Waals surface area (Å²) in [6, 6.07) is 6.38.